The largest absolute Gasteiger partial charge is 0.475 e. The van der Waals surface area contributed by atoms with Gasteiger partial charge in [-0.25, -0.2) is 4.98 Å². The van der Waals surface area contributed by atoms with Crippen molar-refractivity contribution in [3.8, 4) is 5.88 Å². The van der Waals surface area contributed by atoms with Crippen LogP contribution in [0.1, 0.15) is 5.69 Å². The van der Waals surface area contributed by atoms with Crippen molar-refractivity contribution in [2.75, 3.05) is 26.4 Å². The maximum atomic E-state index is 9.92. The fourth-order valence-electron chi connectivity index (χ4n) is 1.28. The number of nitrogens with zero attached hydrogens (tertiary/aromatic N) is 1. The van der Waals surface area contributed by atoms with E-state index in [0.29, 0.717) is 11.6 Å². The summed E-state index contributed by atoms with van der Waals surface area (Å²) in [4.78, 5) is 4.11. The summed E-state index contributed by atoms with van der Waals surface area (Å²) >= 11 is 0. The van der Waals surface area contributed by atoms with E-state index in [-0.39, 0.29) is 26.4 Å². The number of rotatable bonds is 4. The quantitative estimate of drug-likeness (QED) is 0.699. The molecule has 1 fully saturated rings. The van der Waals surface area contributed by atoms with E-state index in [1.165, 1.54) is 0 Å². The van der Waals surface area contributed by atoms with Gasteiger partial charge in [0.25, 0.3) is 0 Å². The third kappa shape index (κ3) is 2.09. The monoisotopic (exact) mass is 210 g/mol. The summed E-state index contributed by atoms with van der Waals surface area (Å²) in [5.41, 5.74) is -0.515. The maximum Gasteiger partial charge on any atom is 0.214 e. The minimum atomic E-state index is -1.00. The van der Waals surface area contributed by atoms with Crippen LogP contribution in [0.5, 0.6) is 5.88 Å². The molecule has 2 rings (SSSR count). The number of hydrogen-bond donors (Lipinski definition) is 2. The zero-order valence-corrected chi connectivity index (χ0v) is 8.14. The van der Waals surface area contributed by atoms with Crippen molar-refractivity contribution in [1.29, 1.82) is 0 Å². The highest BCUT2D eigenvalue weighted by molar-refractivity contribution is 5.21. The summed E-state index contributed by atoms with van der Waals surface area (Å²) in [5, 5.41) is 18.5. The molecule has 0 bridgehead atoms. The molecule has 0 atom stereocenters. The second-order valence-corrected chi connectivity index (χ2v) is 3.39. The summed E-state index contributed by atoms with van der Waals surface area (Å²) in [6, 6.07) is 5.99. The standard InChI is InChI=1S/C10H12NO4/c12-4-5-15-9-3-1-2-8(11-9)10(13)6-14-7-10/h2-3,12-13H,4-7H2. The van der Waals surface area contributed by atoms with Crippen molar-refractivity contribution < 1.29 is 19.7 Å². The number of hydrogen-bond acceptors (Lipinski definition) is 5. The van der Waals surface area contributed by atoms with E-state index in [1.807, 2.05) is 0 Å². The van der Waals surface area contributed by atoms with Gasteiger partial charge in [-0.15, -0.1) is 0 Å². The average molecular weight is 210 g/mol. The molecule has 1 radical (unpaired) electrons. The molecule has 0 saturated carbocycles. The summed E-state index contributed by atoms with van der Waals surface area (Å²) in [5.74, 6) is 0.349. The van der Waals surface area contributed by atoms with Crippen molar-refractivity contribution >= 4 is 0 Å². The lowest BCUT2D eigenvalue weighted by Gasteiger charge is -2.35. The third-order valence-corrected chi connectivity index (χ3v) is 2.16. The molecule has 0 unspecified atom stereocenters. The molecule has 0 aromatic carbocycles. The Hall–Kier alpha value is -1.17. The molecule has 2 heterocycles. The molecular formula is C10H12NO4. The van der Waals surface area contributed by atoms with E-state index in [9.17, 15) is 5.11 Å². The lowest BCUT2D eigenvalue weighted by Crippen LogP contribution is -2.47. The third-order valence-electron chi connectivity index (χ3n) is 2.16. The molecule has 5 heteroatoms. The van der Waals surface area contributed by atoms with Gasteiger partial charge in [-0.1, -0.05) is 0 Å². The number of pyridine rings is 1. The Kier molecular flexibility index (Phi) is 2.86. The van der Waals surface area contributed by atoms with Crippen LogP contribution in [0.2, 0.25) is 0 Å². The number of ether oxygens (including phenoxy) is 2. The van der Waals surface area contributed by atoms with Crippen molar-refractivity contribution in [3.05, 3.63) is 23.9 Å². The van der Waals surface area contributed by atoms with E-state index in [0.717, 1.165) is 0 Å². The predicted molar refractivity (Wildman–Crippen MR) is 50.4 cm³/mol. The molecule has 1 saturated heterocycles. The normalized spacial score (nSPS) is 18.3. The Morgan fingerprint density at radius 3 is 2.93 bits per heavy atom. The molecule has 1 aromatic rings. The highest BCUT2D eigenvalue weighted by atomic mass is 16.5. The van der Waals surface area contributed by atoms with Crippen LogP contribution in [0.4, 0.5) is 0 Å². The Morgan fingerprint density at radius 1 is 1.53 bits per heavy atom. The summed E-state index contributed by atoms with van der Waals surface area (Å²) in [7, 11) is 0. The van der Waals surface area contributed by atoms with Crippen LogP contribution in [-0.2, 0) is 10.3 Å². The smallest absolute Gasteiger partial charge is 0.214 e. The Bertz CT molecular complexity index is 338. The SMILES string of the molecule is OCCOc1c[c]cc(C2(O)COC2)n1. The fourth-order valence-corrected chi connectivity index (χ4v) is 1.28. The van der Waals surface area contributed by atoms with Crippen LogP contribution in [0.3, 0.4) is 0 Å². The fraction of sp³-hybridized carbons (Fsp3) is 0.500. The minimum absolute atomic E-state index is 0.0702. The van der Waals surface area contributed by atoms with Crippen LogP contribution in [-0.4, -0.2) is 41.6 Å². The highest BCUT2D eigenvalue weighted by Gasteiger charge is 2.39. The van der Waals surface area contributed by atoms with Gasteiger partial charge in [0.15, 0.2) is 5.60 Å². The van der Waals surface area contributed by atoms with Gasteiger partial charge in [-0.3, -0.25) is 0 Å². The molecule has 15 heavy (non-hydrogen) atoms. The van der Waals surface area contributed by atoms with Gasteiger partial charge in [-0.2, -0.15) is 0 Å². The molecule has 0 aliphatic carbocycles. The molecule has 0 spiro atoms. The molecule has 1 aliphatic rings. The minimum Gasteiger partial charge on any atom is -0.475 e. The van der Waals surface area contributed by atoms with Gasteiger partial charge >= 0.3 is 0 Å². The first-order valence-corrected chi connectivity index (χ1v) is 4.67. The highest BCUT2D eigenvalue weighted by Crippen LogP contribution is 2.28. The van der Waals surface area contributed by atoms with Crippen LogP contribution in [0, 0.1) is 6.07 Å². The molecular weight excluding hydrogens is 198 g/mol. The molecule has 1 aromatic heterocycles. The summed E-state index contributed by atoms with van der Waals surface area (Å²) in [6.07, 6.45) is 0. The van der Waals surface area contributed by atoms with Crippen molar-refractivity contribution in [1.82, 2.24) is 4.98 Å². The first kappa shape index (κ1) is 10.4. The Morgan fingerprint density at radius 2 is 2.33 bits per heavy atom. The van der Waals surface area contributed by atoms with Gasteiger partial charge in [0, 0.05) is 6.07 Å². The van der Waals surface area contributed by atoms with Gasteiger partial charge in [0.2, 0.25) is 5.88 Å². The van der Waals surface area contributed by atoms with Gasteiger partial charge in [-0.05, 0) is 12.1 Å². The lowest BCUT2D eigenvalue weighted by molar-refractivity contribution is -0.187. The van der Waals surface area contributed by atoms with Gasteiger partial charge < -0.3 is 19.7 Å². The zero-order valence-electron chi connectivity index (χ0n) is 8.14. The predicted octanol–water partition coefficient (Wildman–Crippen LogP) is -0.529. The summed E-state index contributed by atoms with van der Waals surface area (Å²) < 4.78 is 10.0. The Labute approximate surface area is 87.3 Å². The van der Waals surface area contributed by atoms with Crippen LogP contribution < -0.4 is 4.74 Å². The van der Waals surface area contributed by atoms with Crippen molar-refractivity contribution in [2.45, 2.75) is 5.60 Å². The maximum absolute atomic E-state index is 9.92. The van der Waals surface area contributed by atoms with Gasteiger partial charge in [0.05, 0.1) is 25.5 Å². The number of aromatic nitrogens is 1. The molecule has 5 nitrogen and oxygen atoms in total. The molecule has 2 N–H and O–H groups in total. The van der Waals surface area contributed by atoms with E-state index >= 15 is 0 Å². The first-order chi connectivity index (χ1) is 7.24. The van der Waals surface area contributed by atoms with E-state index in [1.54, 1.807) is 12.1 Å². The van der Waals surface area contributed by atoms with Crippen LogP contribution in [0.25, 0.3) is 0 Å². The lowest BCUT2D eigenvalue weighted by atomic mass is 9.97. The first-order valence-electron chi connectivity index (χ1n) is 4.67. The zero-order chi connectivity index (χ0) is 10.7. The van der Waals surface area contributed by atoms with E-state index in [4.69, 9.17) is 14.6 Å². The molecule has 1 aliphatic heterocycles. The Balaban J connectivity index is 2.11. The van der Waals surface area contributed by atoms with E-state index in [2.05, 4.69) is 11.1 Å². The van der Waals surface area contributed by atoms with Crippen molar-refractivity contribution in [3.63, 3.8) is 0 Å². The van der Waals surface area contributed by atoms with Crippen LogP contribution in [0.15, 0.2) is 12.1 Å². The second-order valence-electron chi connectivity index (χ2n) is 3.39. The molecule has 81 valence electrons. The van der Waals surface area contributed by atoms with Gasteiger partial charge in [0.1, 0.15) is 6.61 Å². The summed E-state index contributed by atoms with van der Waals surface area (Å²) in [6.45, 7) is 0.604. The van der Waals surface area contributed by atoms with Crippen LogP contribution >= 0.6 is 0 Å². The van der Waals surface area contributed by atoms with E-state index < -0.39 is 5.60 Å². The topological polar surface area (TPSA) is 71.8 Å². The number of aliphatic hydroxyl groups excluding tert-OH is 1. The van der Waals surface area contributed by atoms with Crippen molar-refractivity contribution in [2.24, 2.45) is 0 Å². The second kappa shape index (κ2) is 4.14. The average Bonchev–Trinajstić information content (AvgIpc) is 2.23. The number of aliphatic hydroxyl groups is 2. The molecule has 0 amide bonds.